The number of benzene rings is 2. The van der Waals surface area contributed by atoms with Crippen molar-refractivity contribution in [3.8, 4) is 0 Å². The van der Waals surface area contributed by atoms with E-state index < -0.39 is 53.3 Å². The number of primary amides is 1. The van der Waals surface area contributed by atoms with Crippen molar-refractivity contribution in [1.82, 2.24) is 10.2 Å². The number of nitrogens with zero attached hydrogens (tertiary/aromatic N) is 1. The molecule has 0 bridgehead atoms. The van der Waals surface area contributed by atoms with Crippen molar-refractivity contribution >= 4 is 17.7 Å². The topological polar surface area (TPSA) is 119 Å². The molecule has 1 heterocycles. The molecule has 1 fully saturated rings. The van der Waals surface area contributed by atoms with Crippen LogP contribution in [-0.4, -0.2) is 47.3 Å². The zero-order valence-corrected chi connectivity index (χ0v) is 20.5. The minimum absolute atomic E-state index is 0.207. The highest BCUT2D eigenvalue weighted by Gasteiger charge is 2.34. The highest BCUT2D eigenvalue weighted by atomic mass is 19.2. The van der Waals surface area contributed by atoms with E-state index in [1.807, 2.05) is 32.0 Å². The van der Waals surface area contributed by atoms with Crippen LogP contribution < -0.4 is 16.8 Å². The highest BCUT2D eigenvalue weighted by molar-refractivity contribution is 5.88. The van der Waals surface area contributed by atoms with Gasteiger partial charge in [0.25, 0.3) is 0 Å². The SMILES string of the molecule is CC.NC(=O)C1CCCN1C(=O)C[C@@H](Cc1cc(F)c(F)cc1F)NC(=O)C(N)Cc1ccccc1. The van der Waals surface area contributed by atoms with Gasteiger partial charge < -0.3 is 21.7 Å². The fourth-order valence-electron chi connectivity index (χ4n) is 4.12. The number of hydrogen-bond acceptors (Lipinski definition) is 4. The van der Waals surface area contributed by atoms with Gasteiger partial charge in [-0.15, -0.1) is 0 Å². The zero-order chi connectivity index (χ0) is 26.8. The summed E-state index contributed by atoms with van der Waals surface area (Å²) >= 11 is 0. The largest absolute Gasteiger partial charge is 0.368 e. The number of nitrogens with one attached hydrogen (secondary N) is 1. The van der Waals surface area contributed by atoms with Crippen molar-refractivity contribution in [2.24, 2.45) is 11.5 Å². The molecule has 0 spiro atoms. The number of halogens is 3. The van der Waals surface area contributed by atoms with Crippen molar-refractivity contribution < 1.29 is 27.6 Å². The third kappa shape index (κ3) is 7.81. The van der Waals surface area contributed by atoms with Gasteiger partial charge in [0.05, 0.1) is 6.04 Å². The lowest BCUT2D eigenvalue weighted by Gasteiger charge is -2.26. The molecule has 7 nitrogen and oxygen atoms in total. The van der Waals surface area contributed by atoms with E-state index in [4.69, 9.17) is 11.5 Å². The molecule has 0 aliphatic carbocycles. The number of nitrogens with two attached hydrogens (primary N) is 2. The maximum absolute atomic E-state index is 14.3. The average molecular weight is 507 g/mol. The summed E-state index contributed by atoms with van der Waals surface area (Å²) in [5.74, 6) is -5.28. The van der Waals surface area contributed by atoms with Gasteiger partial charge in [-0.1, -0.05) is 44.2 Å². The lowest BCUT2D eigenvalue weighted by molar-refractivity contribution is -0.138. The minimum atomic E-state index is -1.34. The molecule has 0 saturated carbocycles. The van der Waals surface area contributed by atoms with Gasteiger partial charge >= 0.3 is 0 Å². The predicted molar refractivity (Wildman–Crippen MR) is 130 cm³/mol. The van der Waals surface area contributed by atoms with Crippen LogP contribution in [0.5, 0.6) is 0 Å². The van der Waals surface area contributed by atoms with Crippen molar-refractivity contribution in [3.05, 3.63) is 71.0 Å². The second-order valence-corrected chi connectivity index (χ2v) is 8.42. The summed E-state index contributed by atoms with van der Waals surface area (Å²) in [6.07, 6.45) is 0.663. The van der Waals surface area contributed by atoms with Crippen LogP contribution in [0.1, 0.15) is 44.2 Å². The molecule has 196 valence electrons. The quantitative estimate of drug-likeness (QED) is 0.453. The monoisotopic (exact) mass is 506 g/mol. The minimum Gasteiger partial charge on any atom is -0.368 e. The fraction of sp³-hybridized carbons (Fsp3) is 0.423. The molecule has 1 aliphatic heterocycles. The van der Waals surface area contributed by atoms with E-state index in [9.17, 15) is 27.6 Å². The van der Waals surface area contributed by atoms with E-state index >= 15 is 0 Å². The van der Waals surface area contributed by atoms with Gasteiger partial charge in [-0.25, -0.2) is 13.2 Å². The van der Waals surface area contributed by atoms with Crippen LogP contribution in [0, 0.1) is 17.5 Å². The Morgan fingerprint density at radius 2 is 1.67 bits per heavy atom. The smallest absolute Gasteiger partial charge is 0.240 e. The number of hydrogen-bond donors (Lipinski definition) is 3. The number of rotatable bonds is 9. The van der Waals surface area contributed by atoms with E-state index in [0.29, 0.717) is 31.5 Å². The summed E-state index contributed by atoms with van der Waals surface area (Å²) in [6.45, 7) is 4.32. The number of carbonyl (C=O) groups excluding carboxylic acids is 3. The molecule has 3 rings (SSSR count). The number of carbonyl (C=O) groups is 3. The van der Waals surface area contributed by atoms with Crippen LogP contribution in [0.4, 0.5) is 13.2 Å². The van der Waals surface area contributed by atoms with Gasteiger partial charge in [-0.05, 0) is 42.9 Å². The van der Waals surface area contributed by atoms with Crippen molar-refractivity contribution in [2.45, 2.75) is 64.1 Å². The summed E-state index contributed by atoms with van der Waals surface area (Å²) in [5, 5.41) is 2.63. The first-order valence-corrected chi connectivity index (χ1v) is 12.0. The Morgan fingerprint density at radius 1 is 1.03 bits per heavy atom. The van der Waals surface area contributed by atoms with Crippen LogP contribution in [0.2, 0.25) is 0 Å². The molecular formula is C26H33F3N4O3. The highest BCUT2D eigenvalue weighted by Crippen LogP contribution is 2.21. The van der Waals surface area contributed by atoms with Gasteiger partial charge in [0, 0.05) is 25.1 Å². The van der Waals surface area contributed by atoms with Gasteiger partial charge in [-0.2, -0.15) is 0 Å². The van der Waals surface area contributed by atoms with Gasteiger partial charge in [0.1, 0.15) is 11.9 Å². The summed E-state index contributed by atoms with van der Waals surface area (Å²) in [6, 6.07) is 7.46. The lowest BCUT2D eigenvalue weighted by atomic mass is 10.00. The molecule has 2 aromatic rings. The number of likely N-dealkylation sites (tertiary alicyclic amines) is 1. The first-order valence-electron chi connectivity index (χ1n) is 12.0. The molecule has 2 unspecified atom stereocenters. The van der Waals surface area contributed by atoms with Gasteiger partial charge in [0.15, 0.2) is 11.6 Å². The molecule has 3 amide bonds. The molecule has 0 aromatic heterocycles. The predicted octanol–water partition coefficient (Wildman–Crippen LogP) is 2.59. The van der Waals surface area contributed by atoms with E-state index in [1.54, 1.807) is 12.1 Å². The second kappa shape index (κ2) is 13.6. The molecule has 10 heteroatoms. The summed E-state index contributed by atoms with van der Waals surface area (Å²) in [7, 11) is 0. The van der Waals surface area contributed by atoms with Crippen LogP contribution in [-0.2, 0) is 27.2 Å². The average Bonchev–Trinajstić information content (AvgIpc) is 3.35. The molecule has 3 atom stereocenters. The maximum atomic E-state index is 14.3. The third-order valence-electron chi connectivity index (χ3n) is 5.86. The Hall–Kier alpha value is -3.40. The van der Waals surface area contributed by atoms with E-state index in [2.05, 4.69) is 5.32 Å². The van der Waals surface area contributed by atoms with Gasteiger partial charge in [-0.3, -0.25) is 14.4 Å². The van der Waals surface area contributed by atoms with E-state index in [0.717, 1.165) is 5.56 Å². The Morgan fingerprint density at radius 3 is 2.31 bits per heavy atom. The van der Waals surface area contributed by atoms with Crippen LogP contribution in [0.25, 0.3) is 0 Å². The van der Waals surface area contributed by atoms with Crippen molar-refractivity contribution in [2.75, 3.05) is 6.54 Å². The Balaban J connectivity index is 0.00000222. The first kappa shape index (κ1) is 28.8. The molecule has 36 heavy (non-hydrogen) atoms. The standard InChI is InChI=1S/C24H27F3N4O3.C2H6/c25-17-13-19(27)18(26)11-15(17)10-16(12-22(32)31-8-4-7-21(31)23(29)33)30-24(34)20(28)9-14-5-2-1-3-6-14;1-2/h1-3,5-6,11,13,16,20-21H,4,7-10,12,28H2,(H2,29,33)(H,30,34);1-2H3/t16-,20?,21?;/m1./s1. The van der Waals surface area contributed by atoms with E-state index in [-0.39, 0.29) is 24.8 Å². The normalized spacial score (nSPS) is 16.5. The summed E-state index contributed by atoms with van der Waals surface area (Å²) < 4.78 is 41.3. The Kier molecular flexibility index (Phi) is 10.9. The van der Waals surface area contributed by atoms with Crippen LogP contribution in [0.15, 0.2) is 42.5 Å². The van der Waals surface area contributed by atoms with Gasteiger partial charge in [0.2, 0.25) is 17.7 Å². The second-order valence-electron chi connectivity index (χ2n) is 8.42. The molecule has 1 aliphatic rings. The maximum Gasteiger partial charge on any atom is 0.240 e. The molecule has 1 saturated heterocycles. The Labute approximate surface area is 209 Å². The Bertz CT molecular complexity index is 1050. The molecule has 0 radical (unpaired) electrons. The van der Waals surface area contributed by atoms with Crippen molar-refractivity contribution in [3.63, 3.8) is 0 Å². The molecular weight excluding hydrogens is 473 g/mol. The molecule has 5 N–H and O–H groups in total. The van der Waals surface area contributed by atoms with E-state index in [1.165, 1.54) is 4.90 Å². The third-order valence-corrected chi connectivity index (χ3v) is 5.86. The van der Waals surface area contributed by atoms with Crippen LogP contribution in [0.3, 0.4) is 0 Å². The first-order chi connectivity index (χ1) is 17.2. The van der Waals surface area contributed by atoms with Crippen LogP contribution >= 0.6 is 0 Å². The number of amides is 3. The lowest BCUT2D eigenvalue weighted by Crippen LogP contribution is -2.50. The summed E-state index contributed by atoms with van der Waals surface area (Å²) in [4.78, 5) is 38.7. The molecule has 2 aromatic carbocycles. The summed E-state index contributed by atoms with van der Waals surface area (Å²) in [5.41, 5.74) is 12.0. The van der Waals surface area contributed by atoms with Crippen molar-refractivity contribution in [1.29, 1.82) is 0 Å². The zero-order valence-electron chi connectivity index (χ0n) is 20.5. The fourth-order valence-corrected chi connectivity index (χ4v) is 4.12.